The second-order valence-electron chi connectivity index (χ2n) is 6.00. The molecule has 0 spiro atoms. The van der Waals surface area contributed by atoms with E-state index in [9.17, 15) is 4.79 Å². The lowest BCUT2D eigenvalue weighted by atomic mass is 10.3. The number of thioether (sulfide) groups is 1. The van der Waals surface area contributed by atoms with Crippen LogP contribution < -0.4 is 0 Å². The molecule has 2 aromatic heterocycles. The fraction of sp³-hybridized carbons (Fsp3) is 0.471. The Balaban J connectivity index is 1.68. The van der Waals surface area contributed by atoms with Gasteiger partial charge in [-0.15, -0.1) is 0 Å². The molecule has 0 radical (unpaired) electrons. The van der Waals surface area contributed by atoms with Crippen molar-refractivity contribution in [3.05, 3.63) is 40.7 Å². The number of carbonyl (C=O) groups is 1. The quantitative estimate of drug-likeness (QED) is 0.627. The Morgan fingerprint density at radius 2 is 1.96 bits per heavy atom. The maximum Gasteiger partial charge on any atom is 0.236 e. The number of nitrogens with zero attached hydrogens (tertiary/aromatic N) is 5. The van der Waals surface area contributed by atoms with Crippen molar-refractivity contribution in [3.8, 4) is 0 Å². The molecule has 3 heterocycles. The van der Waals surface area contributed by atoms with E-state index in [4.69, 9.17) is 0 Å². The summed E-state index contributed by atoms with van der Waals surface area (Å²) in [5, 5.41) is 0.414. The molecule has 24 heavy (non-hydrogen) atoms. The van der Waals surface area contributed by atoms with Crippen molar-refractivity contribution in [1.29, 1.82) is 0 Å². The molecule has 0 saturated heterocycles. The first kappa shape index (κ1) is 16.8. The van der Waals surface area contributed by atoms with E-state index < -0.39 is 0 Å². The molecule has 1 amide bonds. The predicted molar refractivity (Wildman–Crippen MR) is 92.5 cm³/mol. The third-order valence-corrected chi connectivity index (χ3v) is 4.87. The van der Waals surface area contributed by atoms with Crippen LogP contribution in [-0.2, 0) is 24.3 Å². The van der Waals surface area contributed by atoms with Gasteiger partial charge in [0.15, 0.2) is 5.16 Å². The monoisotopic (exact) mass is 343 g/mol. The molecule has 1 unspecified atom stereocenters. The second kappa shape index (κ2) is 6.84. The second-order valence-corrected chi connectivity index (χ2v) is 7.31. The number of rotatable bonds is 4. The van der Waals surface area contributed by atoms with E-state index in [0.29, 0.717) is 18.2 Å². The maximum absolute atomic E-state index is 12.7. The van der Waals surface area contributed by atoms with Crippen molar-refractivity contribution >= 4 is 17.7 Å². The first-order chi connectivity index (χ1) is 11.5. The summed E-state index contributed by atoms with van der Waals surface area (Å²) in [6, 6.07) is 1.93. The van der Waals surface area contributed by atoms with E-state index in [2.05, 4.69) is 19.9 Å². The van der Waals surface area contributed by atoms with Crippen molar-refractivity contribution in [3.63, 3.8) is 0 Å². The Bertz CT molecular complexity index is 759. The first-order valence-electron chi connectivity index (χ1n) is 8.07. The van der Waals surface area contributed by atoms with Gasteiger partial charge in [-0.25, -0.2) is 19.9 Å². The van der Waals surface area contributed by atoms with E-state index in [1.54, 1.807) is 0 Å². The maximum atomic E-state index is 12.7. The summed E-state index contributed by atoms with van der Waals surface area (Å²) in [5.74, 6) is 0.910. The first-order valence-corrected chi connectivity index (χ1v) is 8.95. The molecule has 0 fully saturated rings. The summed E-state index contributed by atoms with van der Waals surface area (Å²) in [6.45, 7) is 8.94. The molecule has 0 bridgehead atoms. The lowest BCUT2D eigenvalue weighted by Gasteiger charge is -2.19. The van der Waals surface area contributed by atoms with Crippen LogP contribution in [0.15, 0.2) is 17.4 Å². The van der Waals surface area contributed by atoms with Crippen LogP contribution in [0.25, 0.3) is 0 Å². The number of hydrogen-bond donors (Lipinski definition) is 0. The Kier molecular flexibility index (Phi) is 4.80. The smallest absolute Gasteiger partial charge is 0.236 e. The van der Waals surface area contributed by atoms with Gasteiger partial charge in [-0.2, -0.15) is 0 Å². The molecule has 0 N–H and O–H groups in total. The number of carbonyl (C=O) groups excluding carboxylic acids is 1. The molecule has 0 saturated carbocycles. The third kappa shape index (κ3) is 3.56. The number of aromatic nitrogens is 4. The molecule has 1 aliphatic rings. The molecule has 0 aromatic carbocycles. The number of amides is 1. The lowest BCUT2D eigenvalue weighted by molar-refractivity contribution is -0.130. The molecule has 7 heteroatoms. The third-order valence-electron chi connectivity index (χ3n) is 3.93. The topological polar surface area (TPSA) is 71.9 Å². The minimum atomic E-state index is -0.237. The highest BCUT2D eigenvalue weighted by Crippen LogP contribution is 2.26. The fourth-order valence-electron chi connectivity index (χ4n) is 2.73. The summed E-state index contributed by atoms with van der Waals surface area (Å²) < 4.78 is 0. The minimum Gasteiger partial charge on any atom is -0.331 e. The van der Waals surface area contributed by atoms with E-state index in [0.717, 1.165) is 34.9 Å². The molecule has 1 atom stereocenters. The fourth-order valence-corrected chi connectivity index (χ4v) is 3.69. The number of aryl methyl sites for hydroxylation is 3. The summed E-state index contributed by atoms with van der Waals surface area (Å²) in [5.41, 5.74) is 3.84. The van der Waals surface area contributed by atoms with Crippen LogP contribution in [0.3, 0.4) is 0 Å². The highest BCUT2D eigenvalue weighted by Gasteiger charge is 2.29. The van der Waals surface area contributed by atoms with E-state index in [-0.39, 0.29) is 11.2 Å². The van der Waals surface area contributed by atoms with Crippen LogP contribution >= 0.6 is 11.8 Å². The van der Waals surface area contributed by atoms with Gasteiger partial charge in [-0.1, -0.05) is 18.7 Å². The van der Waals surface area contributed by atoms with Gasteiger partial charge in [0.2, 0.25) is 5.91 Å². The van der Waals surface area contributed by atoms with Crippen LogP contribution in [0.2, 0.25) is 0 Å². The number of hydrogen-bond acceptors (Lipinski definition) is 6. The van der Waals surface area contributed by atoms with Crippen molar-refractivity contribution in [1.82, 2.24) is 24.8 Å². The number of fused-ring (bicyclic) bond motifs is 1. The molecular formula is C17H21N5OS. The van der Waals surface area contributed by atoms with Gasteiger partial charge < -0.3 is 4.90 Å². The SMILES string of the molecule is CCc1ncc2c(n1)CN(C(=O)C(C)Sc1nc(C)cc(C)n1)C2. The Labute approximate surface area is 146 Å². The van der Waals surface area contributed by atoms with Gasteiger partial charge in [0.05, 0.1) is 17.5 Å². The summed E-state index contributed by atoms with van der Waals surface area (Å²) in [4.78, 5) is 32.2. The zero-order valence-corrected chi connectivity index (χ0v) is 15.2. The molecule has 126 valence electrons. The average Bonchev–Trinajstić information content (AvgIpc) is 2.95. The van der Waals surface area contributed by atoms with Crippen LogP contribution in [0.4, 0.5) is 0 Å². The van der Waals surface area contributed by atoms with Crippen molar-refractivity contribution < 1.29 is 4.79 Å². The zero-order chi connectivity index (χ0) is 17.3. The normalized spacial score (nSPS) is 14.6. The van der Waals surface area contributed by atoms with E-state index >= 15 is 0 Å². The zero-order valence-electron chi connectivity index (χ0n) is 14.4. The predicted octanol–water partition coefficient (Wildman–Crippen LogP) is 2.47. The molecule has 1 aliphatic heterocycles. The molecule has 2 aromatic rings. The highest BCUT2D eigenvalue weighted by molar-refractivity contribution is 8.00. The van der Waals surface area contributed by atoms with Crippen LogP contribution in [0.5, 0.6) is 0 Å². The van der Waals surface area contributed by atoms with Gasteiger partial charge >= 0.3 is 0 Å². The molecule has 0 aliphatic carbocycles. The summed E-state index contributed by atoms with van der Waals surface area (Å²) >= 11 is 1.40. The van der Waals surface area contributed by atoms with Crippen molar-refractivity contribution in [2.45, 2.75) is 57.6 Å². The van der Waals surface area contributed by atoms with Gasteiger partial charge in [0.25, 0.3) is 0 Å². The molecule has 6 nitrogen and oxygen atoms in total. The average molecular weight is 343 g/mol. The van der Waals surface area contributed by atoms with Gasteiger partial charge in [0.1, 0.15) is 5.82 Å². The van der Waals surface area contributed by atoms with Crippen molar-refractivity contribution in [2.24, 2.45) is 0 Å². The molecular weight excluding hydrogens is 322 g/mol. The van der Waals surface area contributed by atoms with Gasteiger partial charge in [-0.3, -0.25) is 4.79 Å². The largest absolute Gasteiger partial charge is 0.331 e. The highest BCUT2D eigenvalue weighted by atomic mass is 32.2. The van der Waals surface area contributed by atoms with Crippen molar-refractivity contribution in [2.75, 3.05) is 0 Å². The summed E-state index contributed by atoms with van der Waals surface area (Å²) in [6.07, 6.45) is 2.65. The standard InChI is InChI=1S/C17H21N5OS/c1-5-15-18-7-13-8-22(9-14(13)21-15)16(23)12(4)24-17-19-10(2)6-11(3)20-17/h6-7,12H,5,8-9H2,1-4H3. The van der Waals surface area contributed by atoms with Gasteiger partial charge in [-0.05, 0) is 26.8 Å². The minimum absolute atomic E-state index is 0.0822. The molecule has 3 rings (SSSR count). The van der Waals surface area contributed by atoms with Crippen LogP contribution in [-0.4, -0.2) is 36.0 Å². The van der Waals surface area contributed by atoms with Crippen LogP contribution in [0.1, 0.15) is 42.3 Å². The van der Waals surface area contributed by atoms with Gasteiger partial charge in [0, 0.05) is 36.1 Å². The lowest BCUT2D eigenvalue weighted by Crippen LogP contribution is -2.32. The Hall–Kier alpha value is -2.02. The van der Waals surface area contributed by atoms with E-state index in [1.807, 2.05) is 44.9 Å². The summed E-state index contributed by atoms with van der Waals surface area (Å²) in [7, 11) is 0. The van der Waals surface area contributed by atoms with E-state index in [1.165, 1.54) is 11.8 Å². The Morgan fingerprint density at radius 1 is 1.25 bits per heavy atom. The Morgan fingerprint density at radius 3 is 2.62 bits per heavy atom. The van der Waals surface area contributed by atoms with Crippen LogP contribution in [0, 0.1) is 13.8 Å².